The van der Waals surface area contributed by atoms with E-state index < -0.39 is 17.6 Å². The van der Waals surface area contributed by atoms with Crippen molar-refractivity contribution in [2.45, 2.75) is 19.0 Å². The maximum atomic E-state index is 13.1. The van der Waals surface area contributed by atoms with Crippen molar-refractivity contribution in [1.82, 2.24) is 4.90 Å². The highest BCUT2D eigenvalue weighted by molar-refractivity contribution is 6.06. The van der Waals surface area contributed by atoms with Gasteiger partial charge in [0, 0.05) is 24.2 Å². The Hall–Kier alpha value is -3.03. The summed E-state index contributed by atoms with van der Waals surface area (Å²) in [7, 11) is 1.46. The predicted octanol–water partition coefficient (Wildman–Crippen LogP) is 3.94. The van der Waals surface area contributed by atoms with Gasteiger partial charge in [0.05, 0.1) is 12.7 Å². The quantitative estimate of drug-likeness (QED) is 0.775. The lowest BCUT2D eigenvalue weighted by Crippen LogP contribution is -2.42. The summed E-state index contributed by atoms with van der Waals surface area (Å²) in [6, 6.07) is 10.9. The van der Waals surface area contributed by atoms with Crippen LogP contribution >= 0.6 is 0 Å². The lowest BCUT2D eigenvalue weighted by molar-refractivity contribution is -0.137. The predicted molar refractivity (Wildman–Crippen MR) is 97.1 cm³/mol. The summed E-state index contributed by atoms with van der Waals surface area (Å²) in [5.74, 6) is -0.194. The van der Waals surface area contributed by atoms with Gasteiger partial charge in [-0.1, -0.05) is 12.1 Å². The second-order valence-corrected chi connectivity index (χ2v) is 6.42. The second kappa shape index (κ2) is 7.92. The molecule has 1 fully saturated rings. The number of hydrogen-bond acceptors (Lipinski definition) is 3. The number of halogens is 3. The molecule has 0 saturated carbocycles. The minimum absolute atomic E-state index is 0.0716. The number of ether oxygens (including phenoxy) is 1. The number of likely N-dealkylation sites (tertiary alicyclic amines) is 1. The maximum Gasteiger partial charge on any atom is 0.416 e. The summed E-state index contributed by atoms with van der Waals surface area (Å²) in [6.07, 6.45) is -3.52. The summed E-state index contributed by atoms with van der Waals surface area (Å²) in [6.45, 7) is 0.343. The van der Waals surface area contributed by atoms with Crippen molar-refractivity contribution in [3.05, 3.63) is 59.7 Å². The van der Waals surface area contributed by atoms with Crippen molar-refractivity contribution >= 4 is 17.5 Å². The number of alkyl halides is 3. The average Bonchev–Trinajstić information content (AvgIpc) is 3.09. The van der Waals surface area contributed by atoms with Gasteiger partial charge in [-0.25, -0.2) is 0 Å². The van der Waals surface area contributed by atoms with Crippen LogP contribution in [0.4, 0.5) is 18.9 Å². The topological polar surface area (TPSA) is 49.9 Å². The van der Waals surface area contributed by atoms with Crippen molar-refractivity contribution in [2.24, 2.45) is 0 Å². The first-order valence-electron chi connectivity index (χ1n) is 8.70. The fraction of sp³-hybridized carbons (Fsp3) is 0.300. The zero-order chi connectivity index (χ0) is 20.3. The van der Waals surface area contributed by atoms with Gasteiger partial charge >= 0.3 is 6.18 Å². The fourth-order valence-corrected chi connectivity index (χ4v) is 3.05. The van der Waals surface area contributed by atoms with Gasteiger partial charge in [0.2, 0.25) is 5.91 Å². The second-order valence-electron chi connectivity index (χ2n) is 6.42. The molecule has 2 aromatic rings. The zero-order valence-electron chi connectivity index (χ0n) is 15.2. The third kappa shape index (κ3) is 4.27. The molecule has 3 rings (SSSR count). The molecule has 0 N–H and O–H groups in total. The Morgan fingerprint density at radius 3 is 2.57 bits per heavy atom. The van der Waals surface area contributed by atoms with E-state index in [0.717, 1.165) is 12.1 Å². The highest BCUT2D eigenvalue weighted by Crippen LogP contribution is 2.32. The van der Waals surface area contributed by atoms with Crippen LogP contribution in [0.5, 0.6) is 5.75 Å². The summed E-state index contributed by atoms with van der Waals surface area (Å²) < 4.78 is 44.5. The number of hydrogen-bond donors (Lipinski definition) is 0. The molecule has 8 heteroatoms. The molecule has 28 heavy (non-hydrogen) atoms. The minimum Gasteiger partial charge on any atom is -0.497 e. The summed E-state index contributed by atoms with van der Waals surface area (Å²) in [5, 5.41) is 0. The van der Waals surface area contributed by atoms with Crippen LogP contribution in [-0.2, 0) is 11.0 Å². The first-order chi connectivity index (χ1) is 13.3. The summed E-state index contributed by atoms with van der Waals surface area (Å²) >= 11 is 0. The number of amides is 2. The first-order valence-corrected chi connectivity index (χ1v) is 8.70. The molecule has 2 amide bonds. The van der Waals surface area contributed by atoms with E-state index in [4.69, 9.17) is 4.74 Å². The Morgan fingerprint density at radius 2 is 1.93 bits per heavy atom. The Morgan fingerprint density at radius 1 is 1.18 bits per heavy atom. The molecule has 0 aromatic heterocycles. The van der Waals surface area contributed by atoms with Gasteiger partial charge in [0.1, 0.15) is 12.4 Å². The number of carbonyl (C=O) groups excluding carboxylic acids is 2. The van der Waals surface area contributed by atoms with Gasteiger partial charge in [-0.15, -0.1) is 0 Å². The Kier molecular flexibility index (Phi) is 5.58. The molecule has 2 aromatic carbocycles. The molecule has 0 spiro atoms. The lowest BCUT2D eigenvalue weighted by atomic mass is 10.1. The molecule has 0 unspecified atom stereocenters. The number of methoxy groups -OCH3 is 1. The number of rotatable bonds is 5. The third-order valence-electron chi connectivity index (χ3n) is 4.53. The van der Waals surface area contributed by atoms with Crippen molar-refractivity contribution in [3.63, 3.8) is 0 Å². The summed E-state index contributed by atoms with van der Waals surface area (Å²) in [4.78, 5) is 27.8. The molecule has 0 aliphatic carbocycles. The van der Waals surface area contributed by atoms with E-state index in [1.165, 1.54) is 35.1 Å². The van der Waals surface area contributed by atoms with E-state index in [9.17, 15) is 22.8 Å². The normalized spacial score (nSPS) is 14.3. The van der Waals surface area contributed by atoms with Gasteiger partial charge in [-0.05, 0) is 42.8 Å². The maximum absolute atomic E-state index is 13.1. The molecule has 5 nitrogen and oxygen atoms in total. The fourth-order valence-electron chi connectivity index (χ4n) is 3.05. The highest BCUT2D eigenvalue weighted by atomic mass is 19.4. The third-order valence-corrected chi connectivity index (χ3v) is 4.53. The Balaban J connectivity index is 1.99. The molecular formula is C20H19F3N2O3. The van der Waals surface area contributed by atoms with E-state index in [2.05, 4.69) is 0 Å². The Bertz CT molecular complexity index is 883. The number of carbonyl (C=O) groups is 2. The number of anilines is 1. The molecule has 0 bridgehead atoms. The van der Waals surface area contributed by atoms with E-state index in [0.29, 0.717) is 25.1 Å². The number of nitrogens with zero attached hydrogens (tertiary/aromatic N) is 2. The van der Waals surface area contributed by atoms with Crippen molar-refractivity contribution in [3.8, 4) is 5.75 Å². The molecule has 1 aliphatic heterocycles. The van der Waals surface area contributed by atoms with Crippen molar-refractivity contribution in [2.75, 3.05) is 25.2 Å². The molecule has 0 atom stereocenters. The zero-order valence-corrected chi connectivity index (χ0v) is 15.2. The Labute approximate surface area is 160 Å². The van der Waals surface area contributed by atoms with E-state index >= 15 is 0 Å². The summed E-state index contributed by atoms with van der Waals surface area (Å²) in [5.41, 5.74) is -0.535. The molecular weight excluding hydrogens is 373 g/mol. The lowest BCUT2D eigenvalue weighted by Gasteiger charge is -2.28. The van der Waals surface area contributed by atoms with Crippen LogP contribution in [0.2, 0.25) is 0 Å². The standard InChI is InChI=1S/C20H19F3N2O3/c1-28-17-8-2-5-14(11-17)19(27)25(13-24-10-4-9-18(24)26)16-7-3-6-15(12-16)20(21,22)23/h2-3,5-8,11-12H,4,9-10,13H2,1H3. The molecule has 1 aliphatic rings. The smallest absolute Gasteiger partial charge is 0.416 e. The van der Waals surface area contributed by atoms with Crippen LogP contribution in [0.3, 0.4) is 0 Å². The highest BCUT2D eigenvalue weighted by Gasteiger charge is 2.32. The van der Waals surface area contributed by atoms with Crippen LogP contribution in [0.25, 0.3) is 0 Å². The molecule has 148 valence electrons. The van der Waals surface area contributed by atoms with Gasteiger partial charge in [-0.3, -0.25) is 14.5 Å². The largest absolute Gasteiger partial charge is 0.497 e. The van der Waals surface area contributed by atoms with Gasteiger partial charge in [0.15, 0.2) is 0 Å². The van der Waals surface area contributed by atoms with E-state index in [1.54, 1.807) is 18.2 Å². The molecule has 1 heterocycles. The van der Waals surface area contributed by atoms with Crippen LogP contribution in [0.1, 0.15) is 28.8 Å². The van der Waals surface area contributed by atoms with Gasteiger partial charge < -0.3 is 9.64 Å². The molecule has 1 saturated heterocycles. The minimum atomic E-state index is -4.54. The molecule has 0 radical (unpaired) electrons. The van der Waals surface area contributed by atoms with Crippen LogP contribution in [0, 0.1) is 0 Å². The first kappa shape index (κ1) is 19.7. The SMILES string of the molecule is COc1cccc(C(=O)N(CN2CCCC2=O)c2cccc(C(F)(F)F)c2)c1. The van der Waals surface area contributed by atoms with Crippen LogP contribution < -0.4 is 9.64 Å². The monoisotopic (exact) mass is 392 g/mol. The van der Waals surface area contributed by atoms with E-state index in [1.807, 2.05) is 0 Å². The van der Waals surface area contributed by atoms with Gasteiger partial charge in [-0.2, -0.15) is 13.2 Å². The average molecular weight is 392 g/mol. The van der Waals surface area contributed by atoms with Crippen molar-refractivity contribution in [1.29, 1.82) is 0 Å². The van der Waals surface area contributed by atoms with Crippen LogP contribution in [-0.4, -0.2) is 37.0 Å². The van der Waals surface area contributed by atoms with Gasteiger partial charge in [0.25, 0.3) is 5.91 Å². The van der Waals surface area contributed by atoms with E-state index in [-0.39, 0.29) is 23.8 Å². The van der Waals surface area contributed by atoms with Crippen molar-refractivity contribution < 1.29 is 27.5 Å². The number of benzene rings is 2. The van der Waals surface area contributed by atoms with Crippen LogP contribution in [0.15, 0.2) is 48.5 Å².